The lowest BCUT2D eigenvalue weighted by molar-refractivity contribution is 0.0553. The number of aromatic hydroxyl groups is 1. The second-order valence-corrected chi connectivity index (χ2v) is 6.04. The van der Waals surface area contributed by atoms with Crippen LogP contribution in [0.3, 0.4) is 0 Å². The number of phenolic OH excluding ortho intramolecular Hbond substituents is 1. The third kappa shape index (κ3) is 3.20. The maximum absolute atomic E-state index is 12.8. The van der Waals surface area contributed by atoms with E-state index in [9.17, 15) is 14.7 Å². The molecule has 0 amide bonds. The van der Waals surface area contributed by atoms with E-state index in [1.807, 2.05) is 0 Å². The second-order valence-electron chi connectivity index (χ2n) is 6.04. The number of methoxy groups -OCH3 is 4. The minimum Gasteiger partial charge on any atom is -0.506 e. The first kappa shape index (κ1) is 20.0. The average Bonchev–Trinajstić information content (AvgIpc) is 2.77. The molecule has 0 aliphatic rings. The molecule has 3 rings (SSSR count). The summed E-state index contributed by atoms with van der Waals surface area (Å²) < 4.78 is 20.6. The summed E-state index contributed by atoms with van der Waals surface area (Å²) in [7, 11) is 5.31. The van der Waals surface area contributed by atoms with Gasteiger partial charge in [-0.25, -0.2) is 9.59 Å². The van der Waals surface area contributed by atoms with Gasteiger partial charge < -0.3 is 24.1 Å². The Kier molecular flexibility index (Phi) is 5.59. The van der Waals surface area contributed by atoms with Crippen LogP contribution in [0.2, 0.25) is 0 Å². The topological polar surface area (TPSA) is 91.3 Å². The molecular formula is C22H20O7. The molecule has 0 spiro atoms. The van der Waals surface area contributed by atoms with Gasteiger partial charge in [0.1, 0.15) is 22.8 Å². The molecule has 0 unspecified atom stereocenters. The Bertz CT molecular complexity index is 1100. The Hall–Kier alpha value is -3.74. The summed E-state index contributed by atoms with van der Waals surface area (Å²) in [6.07, 6.45) is 0. The van der Waals surface area contributed by atoms with E-state index in [1.54, 1.807) is 42.5 Å². The lowest BCUT2D eigenvalue weighted by Gasteiger charge is -2.20. The predicted molar refractivity (Wildman–Crippen MR) is 107 cm³/mol. The van der Waals surface area contributed by atoms with Crippen LogP contribution in [0.5, 0.6) is 17.2 Å². The molecule has 1 N–H and O–H groups in total. The van der Waals surface area contributed by atoms with Crippen LogP contribution < -0.4 is 9.47 Å². The van der Waals surface area contributed by atoms with Gasteiger partial charge in [0.15, 0.2) is 0 Å². The van der Waals surface area contributed by atoms with Crippen LogP contribution in [0, 0.1) is 0 Å². The summed E-state index contributed by atoms with van der Waals surface area (Å²) in [5.74, 6) is -1.30. The molecule has 150 valence electrons. The van der Waals surface area contributed by atoms with E-state index in [1.165, 1.54) is 21.3 Å². The monoisotopic (exact) mass is 396 g/mol. The molecule has 29 heavy (non-hydrogen) atoms. The Morgan fingerprint density at radius 2 is 1.34 bits per heavy atom. The van der Waals surface area contributed by atoms with Crippen molar-refractivity contribution < 1.29 is 33.6 Å². The normalized spacial score (nSPS) is 10.5. The fourth-order valence-electron chi connectivity index (χ4n) is 3.39. The molecule has 0 fully saturated rings. The minimum absolute atomic E-state index is 0.123. The van der Waals surface area contributed by atoms with E-state index in [2.05, 4.69) is 0 Å². The van der Waals surface area contributed by atoms with Gasteiger partial charge in [0.05, 0.1) is 39.4 Å². The zero-order chi connectivity index (χ0) is 21.1. The van der Waals surface area contributed by atoms with Gasteiger partial charge in [-0.1, -0.05) is 30.3 Å². The smallest absolute Gasteiger partial charge is 0.342 e. The third-order valence-electron chi connectivity index (χ3n) is 4.64. The molecule has 0 radical (unpaired) electrons. The summed E-state index contributed by atoms with van der Waals surface area (Å²) in [5, 5.41) is 11.7. The molecule has 0 bridgehead atoms. The number of esters is 2. The van der Waals surface area contributed by atoms with Crippen molar-refractivity contribution in [2.24, 2.45) is 0 Å². The van der Waals surface area contributed by atoms with Crippen LogP contribution in [-0.4, -0.2) is 45.5 Å². The molecule has 0 aliphatic carbocycles. The number of para-hydroxylation sites is 1. The molecular weight excluding hydrogens is 376 g/mol. The Morgan fingerprint density at radius 1 is 0.759 bits per heavy atom. The molecule has 0 atom stereocenters. The maximum Gasteiger partial charge on any atom is 0.342 e. The van der Waals surface area contributed by atoms with Crippen LogP contribution in [0.1, 0.15) is 20.7 Å². The number of benzene rings is 3. The molecule has 0 aromatic heterocycles. The van der Waals surface area contributed by atoms with E-state index < -0.39 is 17.7 Å². The van der Waals surface area contributed by atoms with Crippen LogP contribution in [-0.2, 0) is 9.47 Å². The van der Waals surface area contributed by atoms with Crippen molar-refractivity contribution in [2.75, 3.05) is 28.4 Å². The quantitative estimate of drug-likeness (QED) is 0.656. The second kappa shape index (κ2) is 8.10. The molecule has 7 nitrogen and oxygen atoms in total. The summed E-state index contributed by atoms with van der Waals surface area (Å²) in [5.41, 5.74) is 0.472. The van der Waals surface area contributed by atoms with Crippen molar-refractivity contribution in [2.45, 2.75) is 0 Å². The fourth-order valence-corrected chi connectivity index (χ4v) is 3.39. The van der Waals surface area contributed by atoms with Crippen molar-refractivity contribution >= 4 is 22.7 Å². The summed E-state index contributed by atoms with van der Waals surface area (Å²) >= 11 is 0. The number of fused-ring (bicyclic) bond motifs is 1. The van der Waals surface area contributed by atoms with Crippen LogP contribution in [0.4, 0.5) is 0 Å². The molecule has 7 heteroatoms. The lowest BCUT2D eigenvalue weighted by Crippen LogP contribution is -2.15. The number of phenols is 1. The number of carbonyl (C=O) groups excluding carboxylic acids is 2. The molecule has 3 aromatic rings. The van der Waals surface area contributed by atoms with Gasteiger partial charge >= 0.3 is 11.9 Å². The van der Waals surface area contributed by atoms with E-state index in [-0.39, 0.29) is 16.5 Å². The van der Waals surface area contributed by atoms with E-state index in [0.717, 1.165) is 7.11 Å². The third-order valence-corrected chi connectivity index (χ3v) is 4.64. The van der Waals surface area contributed by atoms with Gasteiger partial charge in [0.2, 0.25) is 0 Å². The minimum atomic E-state index is -0.883. The number of carbonyl (C=O) groups is 2. The van der Waals surface area contributed by atoms with Gasteiger partial charge in [-0.05, 0) is 17.5 Å². The SMILES string of the molecule is COC(=O)c1c(C(=O)OC)c(O)c2c(OC)cccc2c1-c1ccccc1OC. The first-order chi connectivity index (χ1) is 14.0. The summed E-state index contributed by atoms with van der Waals surface area (Å²) in [6.45, 7) is 0. The maximum atomic E-state index is 12.8. The van der Waals surface area contributed by atoms with Crippen molar-refractivity contribution in [3.63, 3.8) is 0 Å². The molecule has 3 aromatic carbocycles. The van der Waals surface area contributed by atoms with Gasteiger partial charge in [0, 0.05) is 11.1 Å². The first-order valence-electron chi connectivity index (χ1n) is 8.65. The first-order valence-corrected chi connectivity index (χ1v) is 8.65. The highest BCUT2D eigenvalue weighted by molar-refractivity contribution is 6.19. The zero-order valence-corrected chi connectivity index (χ0v) is 16.4. The van der Waals surface area contributed by atoms with Crippen LogP contribution in [0.15, 0.2) is 42.5 Å². The fraction of sp³-hybridized carbons (Fsp3) is 0.182. The molecule has 0 saturated carbocycles. The lowest BCUT2D eigenvalue weighted by atomic mass is 9.88. The van der Waals surface area contributed by atoms with Gasteiger partial charge in [-0.2, -0.15) is 0 Å². The van der Waals surface area contributed by atoms with E-state index >= 15 is 0 Å². The van der Waals surface area contributed by atoms with E-state index in [4.69, 9.17) is 18.9 Å². The van der Waals surface area contributed by atoms with Crippen LogP contribution >= 0.6 is 0 Å². The highest BCUT2D eigenvalue weighted by Crippen LogP contribution is 2.47. The Labute approximate surface area is 167 Å². The summed E-state index contributed by atoms with van der Waals surface area (Å²) in [4.78, 5) is 25.4. The molecule has 0 saturated heterocycles. The van der Waals surface area contributed by atoms with Gasteiger partial charge in [-0.15, -0.1) is 0 Å². The van der Waals surface area contributed by atoms with Gasteiger partial charge in [0.25, 0.3) is 0 Å². The van der Waals surface area contributed by atoms with E-state index in [0.29, 0.717) is 28.0 Å². The largest absolute Gasteiger partial charge is 0.506 e. The number of rotatable bonds is 5. The van der Waals surface area contributed by atoms with Crippen molar-refractivity contribution in [1.29, 1.82) is 0 Å². The van der Waals surface area contributed by atoms with Gasteiger partial charge in [-0.3, -0.25) is 0 Å². The highest BCUT2D eigenvalue weighted by atomic mass is 16.5. The van der Waals surface area contributed by atoms with Crippen molar-refractivity contribution in [3.8, 4) is 28.4 Å². The molecule has 0 heterocycles. The Balaban J connectivity index is 2.65. The highest BCUT2D eigenvalue weighted by Gasteiger charge is 2.32. The number of hydrogen-bond acceptors (Lipinski definition) is 7. The van der Waals surface area contributed by atoms with Crippen molar-refractivity contribution in [1.82, 2.24) is 0 Å². The molecule has 0 aliphatic heterocycles. The zero-order valence-electron chi connectivity index (χ0n) is 16.4. The Morgan fingerprint density at radius 3 is 1.97 bits per heavy atom. The standard InChI is InChI=1S/C22H20O7/c1-26-14-10-6-5-8-12(14)16-13-9-7-11-15(27-2)17(13)20(23)19(22(25)29-4)18(16)21(24)28-3/h5-11,23H,1-4H3. The predicted octanol–water partition coefficient (Wildman–Crippen LogP) is 3.80. The van der Waals surface area contributed by atoms with Crippen LogP contribution in [0.25, 0.3) is 21.9 Å². The number of hydrogen-bond donors (Lipinski definition) is 1. The summed E-state index contributed by atoms with van der Waals surface area (Å²) in [6, 6.07) is 12.1. The average molecular weight is 396 g/mol. The van der Waals surface area contributed by atoms with Crippen molar-refractivity contribution in [3.05, 3.63) is 53.6 Å². The number of ether oxygens (including phenoxy) is 4.